The molecule has 0 spiro atoms. The van der Waals surface area contributed by atoms with Crippen LogP contribution < -0.4 is 16.0 Å². The van der Waals surface area contributed by atoms with Crippen molar-refractivity contribution in [3.63, 3.8) is 0 Å². The third-order valence-electron chi connectivity index (χ3n) is 2.68. The molecule has 0 saturated carbocycles. The molecule has 0 radical (unpaired) electrons. The maximum atomic E-state index is 11.7. The summed E-state index contributed by atoms with van der Waals surface area (Å²) in [6.07, 6.45) is 1.15. The number of aryl methyl sites for hydroxylation is 1. The van der Waals surface area contributed by atoms with Crippen LogP contribution in [-0.4, -0.2) is 32.0 Å². The van der Waals surface area contributed by atoms with Gasteiger partial charge in [-0.3, -0.25) is 9.59 Å². The lowest BCUT2D eigenvalue weighted by molar-refractivity contribution is -0.124. The Labute approximate surface area is 124 Å². The molecule has 1 rings (SSSR count). The molecule has 1 aromatic rings. The molecule has 0 bridgehead atoms. The van der Waals surface area contributed by atoms with Crippen LogP contribution >= 0.6 is 11.6 Å². The van der Waals surface area contributed by atoms with E-state index in [-0.39, 0.29) is 18.4 Å². The number of rotatable bonds is 7. The molecule has 0 aliphatic carbocycles. The first-order valence-electron chi connectivity index (χ1n) is 6.50. The van der Waals surface area contributed by atoms with E-state index in [1.165, 1.54) is 0 Å². The molecule has 5 nitrogen and oxygen atoms in total. The smallest absolute Gasteiger partial charge is 0.243 e. The lowest BCUT2D eigenvalue weighted by Crippen LogP contribution is -2.33. The van der Waals surface area contributed by atoms with Crippen molar-refractivity contribution in [2.45, 2.75) is 19.8 Å². The maximum absolute atomic E-state index is 11.7. The third-order valence-corrected chi connectivity index (χ3v) is 2.99. The highest BCUT2D eigenvalue weighted by molar-refractivity contribution is 6.33. The van der Waals surface area contributed by atoms with E-state index in [4.69, 9.17) is 11.6 Å². The van der Waals surface area contributed by atoms with Gasteiger partial charge in [-0.1, -0.05) is 17.7 Å². The molecule has 0 heterocycles. The summed E-state index contributed by atoms with van der Waals surface area (Å²) < 4.78 is 0. The Hall–Kier alpha value is -1.59. The first-order chi connectivity index (χ1) is 9.52. The molecule has 6 heteroatoms. The summed E-state index contributed by atoms with van der Waals surface area (Å²) in [5, 5.41) is 8.67. The Morgan fingerprint density at radius 1 is 1.25 bits per heavy atom. The molecule has 0 saturated heterocycles. The monoisotopic (exact) mass is 297 g/mol. The zero-order valence-electron chi connectivity index (χ0n) is 11.8. The van der Waals surface area contributed by atoms with E-state index in [0.29, 0.717) is 17.1 Å². The Balaban J connectivity index is 2.34. The molecule has 0 unspecified atom stereocenters. The molecule has 0 aromatic heterocycles. The van der Waals surface area contributed by atoms with Crippen LogP contribution in [0, 0.1) is 6.92 Å². The van der Waals surface area contributed by atoms with Crippen molar-refractivity contribution in [1.82, 2.24) is 10.6 Å². The number of benzene rings is 1. The van der Waals surface area contributed by atoms with E-state index in [0.717, 1.165) is 18.5 Å². The lowest BCUT2D eigenvalue weighted by atomic mass is 10.2. The summed E-state index contributed by atoms with van der Waals surface area (Å²) in [7, 11) is 1.83. The van der Waals surface area contributed by atoms with E-state index in [1.807, 2.05) is 20.0 Å². The van der Waals surface area contributed by atoms with Crippen LogP contribution in [0.15, 0.2) is 18.2 Å². The van der Waals surface area contributed by atoms with Gasteiger partial charge in [-0.15, -0.1) is 0 Å². The summed E-state index contributed by atoms with van der Waals surface area (Å²) in [4.78, 5) is 23.1. The molecular formula is C14H20ClN3O2. The number of anilines is 1. The summed E-state index contributed by atoms with van der Waals surface area (Å²) in [6, 6.07) is 5.37. The van der Waals surface area contributed by atoms with Gasteiger partial charge in [0.25, 0.3) is 0 Å². The van der Waals surface area contributed by atoms with Gasteiger partial charge in [0.1, 0.15) is 0 Å². The molecule has 0 aliphatic rings. The van der Waals surface area contributed by atoms with Crippen molar-refractivity contribution >= 4 is 29.1 Å². The standard InChI is InChI=1S/C14H20ClN3O2/c1-10-5-6-12(11(15)8-10)18-14(20)9-17-13(19)4-3-7-16-2/h5-6,8,16H,3-4,7,9H2,1-2H3,(H,17,19)(H,18,20). The molecular weight excluding hydrogens is 278 g/mol. The fourth-order valence-electron chi connectivity index (χ4n) is 1.61. The zero-order chi connectivity index (χ0) is 15.0. The highest BCUT2D eigenvalue weighted by Crippen LogP contribution is 2.22. The molecule has 0 aliphatic heterocycles. The van der Waals surface area contributed by atoms with Crippen molar-refractivity contribution in [2.24, 2.45) is 0 Å². The van der Waals surface area contributed by atoms with Gasteiger partial charge in [0.05, 0.1) is 17.3 Å². The van der Waals surface area contributed by atoms with Crippen LogP contribution in [0.3, 0.4) is 0 Å². The second-order valence-electron chi connectivity index (χ2n) is 4.52. The Morgan fingerprint density at radius 3 is 2.65 bits per heavy atom. The molecule has 2 amide bonds. The highest BCUT2D eigenvalue weighted by atomic mass is 35.5. The molecule has 0 fully saturated rings. The number of halogens is 1. The number of carbonyl (C=O) groups is 2. The Bertz CT molecular complexity index is 477. The predicted octanol–water partition coefficient (Wildman–Crippen LogP) is 1.70. The maximum Gasteiger partial charge on any atom is 0.243 e. The topological polar surface area (TPSA) is 70.2 Å². The quantitative estimate of drug-likeness (QED) is 0.671. The summed E-state index contributed by atoms with van der Waals surface area (Å²) >= 11 is 6.01. The fraction of sp³-hybridized carbons (Fsp3) is 0.429. The van der Waals surface area contributed by atoms with Crippen molar-refractivity contribution in [1.29, 1.82) is 0 Å². The molecule has 0 atom stereocenters. The van der Waals surface area contributed by atoms with Gasteiger partial charge in [0, 0.05) is 6.42 Å². The van der Waals surface area contributed by atoms with Crippen LogP contribution in [-0.2, 0) is 9.59 Å². The van der Waals surface area contributed by atoms with Crippen LogP contribution in [0.5, 0.6) is 0 Å². The molecule has 110 valence electrons. The largest absolute Gasteiger partial charge is 0.347 e. The number of hydrogen-bond acceptors (Lipinski definition) is 3. The Kier molecular flexibility index (Phi) is 7.04. The molecule has 1 aromatic carbocycles. The van der Waals surface area contributed by atoms with E-state index in [1.54, 1.807) is 12.1 Å². The van der Waals surface area contributed by atoms with Crippen molar-refractivity contribution in [3.8, 4) is 0 Å². The van der Waals surface area contributed by atoms with Gasteiger partial charge in [0.2, 0.25) is 11.8 Å². The lowest BCUT2D eigenvalue weighted by Gasteiger charge is -2.09. The zero-order valence-corrected chi connectivity index (χ0v) is 12.5. The first kappa shape index (κ1) is 16.5. The Morgan fingerprint density at radius 2 is 2.00 bits per heavy atom. The van der Waals surface area contributed by atoms with Gasteiger partial charge in [-0.25, -0.2) is 0 Å². The number of nitrogens with one attached hydrogen (secondary N) is 3. The fourth-order valence-corrected chi connectivity index (χ4v) is 1.89. The molecule has 20 heavy (non-hydrogen) atoms. The predicted molar refractivity (Wildman–Crippen MR) is 81.0 cm³/mol. The third kappa shape index (κ3) is 6.04. The van der Waals surface area contributed by atoms with Gasteiger partial charge in [-0.2, -0.15) is 0 Å². The minimum absolute atomic E-state index is 0.0530. The van der Waals surface area contributed by atoms with Crippen molar-refractivity contribution in [3.05, 3.63) is 28.8 Å². The average Bonchev–Trinajstić information content (AvgIpc) is 2.40. The second-order valence-corrected chi connectivity index (χ2v) is 4.92. The normalized spacial score (nSPS) is 10.2. The van der Waals surface area contributed by atoms with Gasteiger partial charge in [0.15, 0.2) is 0 Å². The van der Waals surface area contributed by atoms with Crippen LogP contribution in [0.25, 0.3) is 0 Å². The summed E-state index contributed by atoms with van der Waals surface area (Å²) in [6.45, 7) is 2.64. The van der Waals surface area contributed by atoms with Gasteiger partial charge < -0.3 is 16.0 Å². The highest BCUT2D eigenvalue weighted by Gasteiger charge is 2.07. The van der Waals surface area contributed by atoms with Gasteiger partial charge in [-0.05, 0) is 44.6 Å². The minimum atomic E-state index is -0.294. The van der Waals surface area contributed by atoms with Gasteiger partial charge >= 0.3 is 0 Å². The number of amides is 2. The van der Waals surface area contributed by atoms with E-state index in [2.05, 4.69) is 16.0 Å². The summed E-state index contributed by atoms with van der Waals surface area (Å²) in [5.74, 6) is -0.428. The number of hydrogen-bond donors (Lipinski definition) is 3. The molecule has 3 N–H and O–H groups in total. The van der Waals surface area contributed by atoms with Crippen LogP contribution in [0.2, 0.25) is 5.02 Å². The summed E-state index contributed by atoms with van der Waals surface area (Å²) in [5.41, 5.74) is 1.57. The minimum Gasteiger partial charge on any atom is -0.347 e. The van der Waals surface area contributed by atoms with Crippen LogP contribution in [0.4, 0.5) is 5.69 Å². The first-order valence-corrected chi connectivity index (χ1v) is 6.88. The van der Waals surface area contributed by atoms with Crippen LogP contribution in [0.1, 0.15) is 18.4 Å². The van der Waals surface area contributed by atoms with Crippen molar-refractivity contribution < 1.29 is 9.59 Å². The van der Waals surface area contributed by atoms with E-state index < -0.39 is 0 Å². The van der Waals surface area contributed by atoms with E-state index in [9.17, 15) is 9.59 Å². The van der Waals surface area contributed by atoms with E-state index >= 15 is 0 Å². The number of carbonyl (C=O) groups excluding carboxylic acids is 2. The average molecular weight is 298 g/mol. The second kappa shape index (κ2) is 8.55. The van der Waals surface area contributed by atoms with Crippen molar-refractivity contribution in [2.75, 3.05) is 25.5 Å². The SMILES string of the molecule is CNCCCC(=O)NCC(=O)Nc1ccc(C)cc1Cl.